The van der Waals surface area contributed by atoms with Gasteiger partial charge in [-0.2, -0.15) is 4.31 Å². The topological polar surface area (TPSA) is 69.7 Å². The zero-order valence-electron chi connectivity index (χ0n) is 16.8. The average molecular weight is 432 g/mol. The van der Waals surface area contributed by atoms with Gasteiger partial charge >= 0.3 is 0 Å². The van der Waals surface area contributed by atoms with Crippen molar-refractivity contribution in [2.45, 2.75) is 36.6 Å². The van der Waals surface area contributed by atoms with Crippen LogP contribution in [0.1, 0.15) is 36.0 Å². The van der Waals surface area contributed by atoms with Crippen LogP contribution in [0.4, 0.5) is 10.1 Å². The number of carbonyl (C=O) groups excluding carboxylic acids is 1. The molecule has 0 bridgehead atoms. The van der Waals surface area contributed by atoms with E-state index in [1.165, 1.54) is 28.6 Å². The quantitative estimate of drug-likeness (QED) is 0.790. The van der Waals surface area contributed by atoms with E-state index in [-0.39, 0.29) is 22.7 Å². The minimum Gasteiger partial charge on any atom is -0.369 e. The Morgan fingerprint density at radius 2 is 1.63 bits per heavy atom. The number of amides is 1. The maximum atomic E-state index is 13.1. The maximum Gasteiger partial charge on any atom is 0.251 e. The van der Waals surface area contributed by atoms with Crippen LogP contribution >= 0.6 is 0 Å². The van der Waals surface area contributed by atoms with Crippen LogP contribution in [0.2, 0.25) is 0 Å². The van der Waals surface area contributed by atoms with Crippen LogP contribution in [-0.2, 0) is 10.0 Å². The highest BCUT2D eigenvalue weighted by molar-refractivity contribution is 7.89. The summed E-state index contributed by atoms with van der Waals surface area (Å²) in [6.07, 6.45) is 4.18. The fraction of sp³-hybridized carbons (Fsp3) is 0.409. The fourth-order valence-corrected chi connectivity index (χ4v) is 5.59. The summed E-state index contributed by atoms with van der Waals surface area (Å²) in [6, 6.07) is 12.7. The van der Waals surface area contributed by atoms with Crippen LogP contribution in [0.15, 0.2) is 53.4 Å². The van der Waals surface area contributed by atoms with Gasteiger partial charge in [-0.05, 0) is 55.3 Å². The molecule has 1 saturated heterocycles. The number of piperazine rings is 1. The maximum absolute atomic E-state index is 13.1. The Balaban J connectivity index is 1.43. The SMILES string of the molecule is O=C(NC1CCCC1)c1cccc(S(=O)(=O)N2CCN(c3ccc(F)cc3)CC2)c1. The van der Waals surface area contributed by atoms with E-state index in [9.17, 15) is 17.6 Å². The highest BCUT2D eigenvalue weighted by atomic mass is 32.2. The van der Waals surface area contributed by atoms with Gasteiger partial charge in [0.1, 0.15) is 5.82 Å². The van der Waals surface area contributed by atoms with E-state index in [0.717, 1.165) is 31.4 Å². The first-order valence-corrected chi connectivity index (χ1v) is 11.8. The summed E-state index contributed by atoms with van der Waals surface area (Å²) in [4.78, 5) is 14.7. The molecule has 0 atom stereocenters. The van der Waals surface area contributed by atoms with Crippen molar-refractivity contribution in [3.63, 3.8) is 0 Å². The fourth-order valence-electron chi connectivity index (χ4n) is 4.12. The van der Waals surface area contributed by atoms with Crippen molar-refractivity contribution in [2.24, 2.45) is 0 Å². The third-order valence-electron chi connectivity index (χ3n) is 5.85. The smallest absolute Gasteiger partial charge is 0.251 e. The first kappa shape index (κ1) is 20.8. The number of nitrogens with one attached hydrogen (secondary N) is 1. The summed E-state index contributed by atoms with van der Waals surface area (Å²) in [5.41, 5.74) is 1.24. The molecule has 1 N–H and O–H groups in total. The normalized spacial score (nSPS) is 18.5. The van der Waals surface area contributed by atoms with Gasteiger partial charge in [0.25, 0.3) is 5.91 Å². The Hall–Kier alpha value is -2.45. The van der Waals surface area contributed by atoms with Gasteiger partial charge in [-0.3, -0.25) is 4.79 Å². The van der Waals surface area contributed by atoms with Gasteiger partial charge in [-0.1, -0.05) is 18.9 Å². The second-order valence-electron chi connectivity index (χ2n) is 7.85. The number of rotatable bonds is 5. The Bertz CT molecular complexity index is 997. The number of carbonyl (C=O) groups is 1. The molecule has 0 aromatic heterocycles. The van der Waals surface area contributed by atoms with Crippen LogP contribution < -0.4 is 10.2 Å². The lowest BCUT2D eigenvalue weighted by Gasteiger charge is -2.35. The molecular weight excluding hydrogens is 405 g/mol. The molecule has 2 aliphatic rings. The first-order valence-electron chi connectivity index (χ1n) is 10.3. The summed E-state index contributed by atoms with van der Waals surface area (Å²) in [7, 11) is -3.69. The average Bonchev–Trinajstić information content (AvgIpc) is 3.27. The summed E-state index contributed by atoms with van der Waals surface area (Å²) >= 11 is 0. The van der Waals surface area contributed by atoms with Gasteiger partial charge in [0.15, 0.2) is 0 Å². The van der Waals surface area contributed by atoms with Crippen molar-refractivity contribution in [1.29, 1.82) is 0 Å². The largest absolute Gasteiger partial charge is 0.369 e. The number of nitrogens with zero attached hydrogens (tertiary/aromatic N) is 2. The summed E-state index contributed by atoms with van der Waals surface area (Å²) in [6.45, 7) is 1.70. The van der Waals surface area contributed by atoms with Gasteiger partial charge in [0, 0.05) is 43.5 Å². The molecule has 6 nitrogen and oxygen atoms in total. The van der Waals surface area contributed by atoms with Crippen molar-refractivity contribution in [2.75, 3.05) is 31.1 Å². The standard InChI is InChI=1S/C22H26FN3O3S/c23-18-8-10-20(11-9-18)25-12-14-26(15-13-25)30(28,29)21-7-3-4-17(16-21)22(27)24-19-5-1-2-6-19/h3-4,7-11,16,19H,1-2,5-6,12-15H2,(H,24,27). The molecule has 8 heteroatoms. The van der Waals surface area contributed by atoms with Gasteiger partial charge in [-0.15, -0.1) is 0 Å². The Labute approximate surface area is 176 Å². The van der Waals surface area contributed by atoms with E-state index in [0.29, 0.717) is 31.7 Å². The summed E-state index contributed by atoms with van der Waals surface area (Å²) < 4.78 is 40.8. The van der Waals surface area contributed by atoms with E-state index in [1.54, 1.807) is 24.3 Å². The lowest BCUT2D eigenvalue weighted by Crippen LogP contribution is -2.48. The van der Waals surface area contributed by atoms with Crippen LogP contribution in [0.5, 0.6) is 0 Å². The molecule has 2 aromatic carbocycles. The number of anilines is 1. The lowest BCUT2D eigenvalue weighted by atomic mass is 10.2. The molecule has 1 aliphatic carbocycles. The predicted molar refractivity (Wildman–Crippen MR) is 114 cm³/mol. The zero-order chi connectivity index (χ0) is 21.1. The molecule has 0 unspecified atom stereocenters. The molecule has 1 heterocycles. The van der Waals surface area contributed by atoms with Gasteiger partial charge < -0.3 is 10.2 Å². The summed E-state index contributed by atoms with van der Waals surface area (Å²) in [5.74, 6) is -0.517. The first-order chi connectivity index (χ1) is 14.4. The number of hydrogen-bond acceptors (Lipinski definition) is 4. The van der Waals surface area contributed by atoms with E-state index >= 15 is 0 Å². The van der Waals surface area contributed by atoms with E-state index in [2.05, 4.69) is 5.32 Å². The number of hydrogen-bond donors (Lipinski definition) is 1. The molecule has 2 fully saturated rings. The van der Waals surface area contributed by atoms with Gasteiger partial charge in [0.2, 0.25) is 10.0 Å². The molecule has 0 spiro atoms. The predicted octanol–water partition coefficient (Wildman–Crippen LogP) is 3.01. The second kappa shape index (κ2) is 8.73. The Kier molecular flexibility index (Phi) is 6.06. The van der Waals surface area contributed by atoms with E-state index in [4.69, 9.17) is 0 Å². The van der Waals surface area contributed by atoms with Crippen LogP contribution in [0, 0.1) is 5.82 Å². The van der Waals surface area contributed by atoms with Gasteiger partial charge in [0.05, 0.1) is 4.90 Å². The Morgan fingerprint density at radius 1 is 0.967 bits per heavy atom. The second-order valence-corrected chi connectivity index (χ2v) is 9.79. The number of benzene rings is 2. The van der Waals surface area contributed by atoms with Crippen molar-refractivity contribution < 1.29 is 17.6 Å². The van der Waals surface area contributed by atoms with Crippen molar-refractivity contribution in [1.82, 2.24) is 9.62 Å². The third-order valence-corrected chi connectivity index (χ3v) is 7.75. The Morgan fingerprint density at radius 3 is 2.30 bits per heavy atom. The molecule has 0 radical (unpaired) electrons. The number of sulfonamides is 1. The molecule has 1 saturated carbocycles. The molecular formula is C22H26FN3O3S. The molecule has 2 aromatic rings. The van der Waals surface area contributed by atoms with Gasteiger partial charge in [-0.25, -0.2) is 12.8 Å². The zero-order valence-corrected chi connectivity index (χ0v) is 17.6. The van der Waals surface area contributed by atoms with Crippen molar-refractivity contribution in [3.05, 3.63) is 59.9 Å². The minimum atomic E-state index is -3.69. The van der Waals surface area contributed by atoms with Crippen molar-refractivity contribution in [3.8, 4) is 0 Å². The third kappa shape index (κ3) is 4.49. The lowest BCUT2D eigenvalue weighted by molar-refractivity contribution is 0.0937. The molecule has 1 amide bonds. The number of halogens is 1. The molecule has 4 rings (SSSR count). The summed E-state index contributed by atoms with van der Waals surface area (Å²) in [5, 5.41) is 3.00. The highest BCUT2D eigenvalue weighted by Crippen LogP contribution is 2.23. The highest BCUT2D eigenvalue weighted by Gasteiger charge is 2.29. The minimum absolute atomic E-state index is 0.136. The van der Waals surface area contributed by atoms with Crippen LogP contribution in [0.3, 0.4) is 0 Å². The van der Waals surface area contributed by atoms with Crippen LogP contribution in [0.25, 0.3) is 0 Å². The molecule has 30 heavy (non-hydrogen) atoms. The van der Waals surface area contributed by atoms with Crippen LogP contribution in [-0.4, -0.2) is 50.9 Å². The monoisotopic (exact) mass is 431 g/mol. The van der Waals surface area contributed by atoms with E-state index < -0.39 is 10.0 Å². The van der Waals surface area contributed by atoms with E-state index in [1.807, 2.05) is 4.90 Å². The van der Waals surface area contributed by atoms with Crippen molar-refractivity contribution >= 4 is 21.6 Å². The molecule has 160 valence electrons. The molecule has 1 aliphatic heterocycles.